The highest BCUT2D eigenvalue weighted by Crippen LogP contribution is 2.38. The van der Waals surface area contributed by atoms with Crippen LogP contribution in [0.4, 0.5) is 5.69 Å². The van der Waals surface area contributed by atoms with Crippen molar-refractivity contribution in [2.45, 2.75) is 6.92 Å². The first-order valence-corrected chi connectivity index (χ1v) is 8.32. The van der Waals surface area contributed by atoms with Crippen LogP contribution in [0.3, 0.4) is 0 Å². The molecule has 1 aliphatic heterocycles. The van der Waals surface area contributed by atoms with Crippen LogP contribution in [0.5, 0.6) is 17.2 Å². The Kier molecular flexibility index (Phi) is 5.04. The first-order valence-electron chi connectivity index (χ1n) is 8.32. The van der Waals surface area contributed by atoms with Gasteiger partial charge in [-0.05, 0) is 55.0 Å². The molecule has 8 heteroatoms. The third kappa shape index (κ3) is 3.39. The monoisotopic (exact) mass is 381 g/mol. The van der Waals surface area contributed by atoms with E-state index >= 15 is 0 Å². The van der Waals surface area contributed by atoms with Crippen LogP contribution < -0.4 is 20.2 Å². The minimum atomic E-state index is -0.546. The van der Waals surface area contributed by atoms with E-state index < -0.39 is 5.91 Å². The number of rotatable bonds is 5. The molecule has 0 fully saturated rings. The Hall–Kier alpha value is -3.81. The minimum absolute atomic E-state index is 0.119. The molecule has 28 heavy (non-hydrogen) atoms. The molecule has 2 amide bonds. The van der Waals surface area contributed by atoms with Crippen LogP contribution in [-0.4, -0.2) is 36.9 Å². The molecule has 0 bridgehead atoms. The van der Waals surface area contributed by atoms with Gasteiger partial charge in [0.2, 0.25) is 11.7 Å². The molecule has 0 aliphatic carbocycles. The minimum Gasteiger partial charge on any atom is -0.502 e. The summed E-state index contributed by atoms with van der Waals surface area (Å²) < 4.78 is 10.3. The van der Waals surface area contributed by atoms with E-state index in [0.29, 0.717) is 28.1 Å². The summed E-state index contributed by atoms with van der Waals surface area (Å²) in [6, 6.07) is 9.46. The van der Waals surface area contributed by atoms with Crippen molar-refractivity contribution in [2.75, 3.05) is 19.2 Å². The summed E-state index contributed by atoms with van der Waals surface area (Å²) in [4.78, 5) is 24.1. The summed E-state index contributed by atoms with van der Waals surface area (Å²) in [6.07, 6.45) is 1.64. The second-order valence-corrected chi connectivity index (χ2v) is 6.05. The Labute approximate surface area is 161 Å². The molecular formula is C20H19N3O5. The number of carbonyl (C=O) groups is 2. The fourth-order valence-corrected chi connectivity index (χ4v) is 2.79. The lowest BCUT2D eigenvalue weighted by atomic mass is 10.1. The molecule has 0 spiro atoms. The van der Waals surface area contributed by atoms with Crippen molar-refractivity contribution in [3.05, 3.63) is 53.1 Å². The van der Waals surface area contributed by atoms with Crippen LogP contribution in [0.15, 0.2) is 47.1 Å². The number of nitrogens with zero attached hydrogens (tertiary/aromatic N) is 2. The number of hydrazone groups is 1. The van der Waals surface area contributed by atoms with E-state index in [-0.39, 0.29) is 23.2 Å². The molecule has 3 N–H and O–H groups in total. The highest BCUT2D eigenvalue weighted by atomic mass is 16.5. The fourth-order valence-electron chi connectivity index (χ4n) is 2.79. The van der Waals surface area contributed by atoms with Crippen molar-refractivity contribution in [3.8, 4) is 17.2 Å². The highest BCUT2D eigenvalue weighted by Gasteiger charge is 2.29. The predicted molar refractivity (Wildman–Crippen MR) is 105 cm³/mol. The fraction of sp³-hybridized carbons (Fsp3) is 0.150. The number of amides is 2. The van der Waals surface area contributed by atoms with Crippen LogP contribution >= 0.6 is 0 Å². The number of ether oxygens (including phenoxy) is 2. The molecule has 2 aromatic carbocycles. The number of methoxy groups -OCH3 is 2. The number of primary amides is 1. The van der Waals surface area contributed by atoms with Crippen molar-refractivity contribution < 1.29 is 24.2 Å². The SMILES string of the molecule is COc1cc(C=C2C(=O)N(c3ccc(C(N)=O)cc3)N=C2C)cc(OC)c1O. The summed E-state index contributed by atoms with van der Waals surface area (Å²) in [7, 11) is 2.85. The molecule has 8 nitrogen and oxygen atoms in total. The smallest absolute Gasteiger partial charge is 0.280 e. The lowest BCUT2D eigenvalue weighted by molar-refractivity contribution is -0.114. The van der Waals surface area contributed by atoms with E-state index in [1.165, 1.54) is 31.4 Å². The van der Waals surface area contributed by atoms with Crippen LogP contribution in [0, 0.1) is 0 Å². The molecule has 0 unspecified atom stereocenters. The maximum atomic E-state index is 12.9. The lowest BCUT2D eigenvalue weighted by Crippen LogP contribution is -2.21. The Morgan fingerprint density at radius 3 is 2.21 bits per heavy atom. The number of anilines is 1. The topological polar surface area (TPSA) is 114 Å². The van der Waals surface area contributed by atoms with E-state index in [4.69, 9.17) is 15.2 Å². The molecule has 0 saturated heterocycles. The molecule has 3 rings (SSSR count). The summed E-state index contributed by atoms with van der Waals surface area (Å²) >= 11 is 0. The summed E-state index contributed by atoms with van der Waals surface area (Å²) in [5.74, 6) is -0.535. The zero-order valence-corrected chi connectivity index (χ0v) is 15.6. The van der Waals surface area contributed by atoms with Crippen molar-refractivity contribution in [1.29, 1.82) is 0 Å². The Morgan fingerprint density at radius 1 is 1.14 bits per heavy atom. The average molecular weight is 381 g/mol. The summed E-state index contributed by atoms with van der Waals surface area (Å²) in [5.41, 5.74) is 7.61. The van der Waals surface area contributed by atoms with Gasteiger partial charge in [-0.1, -0.05) is 0 Å². The number of phenolic OH excluding ortho intramolecular Hbond substituents is 1. The first kappa shape index (κ1) is 19.0. The standard InChI is InChI=1S/C20H19N3O5/c1-11-15(8-12-9-16(27-2)18(24)17(10-12)28-3)20(26)23(22-11)14-6-4-13(5-7-14)19(21)25/h4-10,24H,1-3H3,(H2,21,25). The zero-order valence-electron chi connectivity index (χ0n) is 15.6. The molecular weight excluding hydrogens is 362 g/mol. The molecule has 0 radical (unpaired) electrons. The van der Waals surface area contributed by atoms with E-state index in [1.807, 2.05) is 0 Å². The number of hydrogen-bond donors (Lipinski definition) is 2. The summed E-state index contributed by atoms with van der Waals surface area (Å²) in [5, 5.41) is 15.6. The second-order valence-electron chi connectivity index (χ2n) is 6.05. The van der Waals surface area contributed by atoms with Gasteiger partial charge >= 0.3 is 0 Å². The zero-order chi connectivity index (χ0) is 20.4. The Bertz CT molecular complexity index is 984. The lowest BCUT2D eigenvalue weighted by Gasteiger charge is -2.12. The first-order chi connectivity index (χ1) is 13.3. The number of carbonyl (C=O) groups excluding carboxylic acids is 2. The molecule has 144 valence electrons. The number of phenols is 1. The van der Waals surface area contributed by atoms with Crippen molar-refractivity contribution in [1.82, 2.24) is 0 Å². The molecule has 0 atom stereocenters. The molecule has 1 aliphatic rings. The van der Waals surface area contributed by atoms with Gasteiger partial charge in [-0.2, -0.15) is 10.1 Å². The van der Waals surface area contributed by atoms with E-state index in [1.54, 1.807) is 37.3 Å². The Balaban J connectivity index is 1.95. The largest absolute Gasteiger partial charge is 0.502 e. The number of benzene rings is 2. The van der Waals surface area contributed by atoms with E-state index in [0.717, 1.165) is 0 Å². The third-order valence-corrected chi connectivity index (χ3v) is 4.27. The van der Waals surface area contributed by atoms with E-state index in [2.05, 4.69) is 5.10 Å². The Morgan fingerprint density at radius 2 is 1.71 bits per heavy atom. The predicted octanol–water partition coefficient (Wildman–Crippen LogP) is 2.31. The van der Waals surface area contributed by atoms with Crippen molar-refractivity contribution >= 4 is 29.3 Å². The highest BCUT2D eigenvalue weighted by molar-refractivity contribution is 6.32. The van der Waals surface area contributed by atoms with Gasteiger partial charge in [-0.25, -0.2) is 0 Å². The molecule has 0 aromatic heterocycles. The number of nitrogens with two attached hydrogens (primary N) is 1. The van der Waals surface area contributed by atoms with Crippen LogP contribution in [0.2, 0.25) is 0 Å². The maximum Gasteiger partial charge on any atom is 0.280 e. The van der Waals surface area contributed by atoms with Crippen molar-refractivity contribution in [3.63, 3.8) is 0 Å². The average Bonchev–Trinajstić information content (AvgIpc) is 2.97. The van der Waals surface area contributed by atoms with Gasteiger partial charge in [0.25, 0.3) is 5.91 Å². The third-order valence-electron chi connectivity index (χ3n) is 4.27. The van der Waals surface area contributed by atoms with Crippen LogP contribution in [0.1, 0.15) is 22.8 Å². The van der Waals surface area contributed by atoms with Crippen LogP contribution in [0.25, 0.3) is 6.08 Å². The number of hydrogen-bond acceptors (Lipinski definition) is 6. The van der Waals surface area contributed by atoms with Crippen molar-refractivity contribution in [2.24, 2.45) is 10.8 Å². The van der Waals surface area contributed by atoms with Gasteiger partial charge in [0.1, 0.15) is 0 Å². The molecule has 2 aromatic rings. The van der Waals surface area contributed by atoms with Gasteiger partial charge in [0, 0.05) is 5.56 Å². The maximum absolute atomic E-state index is 12.9. The number of aromatic hydroxyl groups is 1. The summed E-state index contributed by atoms with van der Waals surface area (Å²) in [6.45, 7) is 1.72. The normalized spacial score (nSPS) is 15.0. The van der Waals surface area contributed by atoms with Gasteiger partial charge in [0.05, 0.1) is 31.2 Å². The van der Waals surface area contributed by atoms with Gasteiger partial charge < -0.3 is 20.3 Å². The second kappa shape index (κ2) is 7.43. The quantitative estimate of drug-likeness (QED) is 0.772. The van der Waals surface area contributed by atoms with E-state index in [9.17, 15) is 14.7 Å². The van der Waals surface area contributed by atoms with Gasteiger partial charge in [0.15, 0.2) is 11.5 Å². The van der Waals surface area contributed by atoms with Gasteiger partial charge in [-0.15, -0.1) is 0 Å². The van der Waals surface area contributed by atoms with Gasteiger partial charge in [-0.3, -0.25) is 9.59 Å². The molecule has 0 saturated carbocycles. The van der Waals surface area contributed by atoms with Crippen LogP contribution in [-0.2, 0) is 4.79 Å². The molecule has 1 heterocycles.